The van der Waals surface area contributed by atoms with Crippen LogP contribution in [0.15, 0.2) is 0 Å². The standard InChI is InChI=1S/C11H24N2O3/c1-7(2)9(8(14)6-12)13-10(15)16-11(3,4)5/h7-9,14H,6,12H2,1-5H3,(H,13,15)/t8-,9+/m0/s1. The predicted molar refractivity (Wildman–Crippen MR) is 63.1 cm³/mol. The lowest BCUT2D eigenvalue weighted by molar-refractivity contribution is 0.0387. The van der Waals surface area contributed by atoms with E-state index in [0.717, 1.165) is 0 Å². The lowest BCUT2D eigenvalue weighted by Crippen LogP contribution is -2.50. The zero-order valence-corrected chi connectivity index (χ0v) is 10.8. The molecule has 0 spiro atoms. The van der Waals surface area contributed by atoms with E-state index < -0.39 is 17.8 Å². The van der Waals surface area contributed by atoms with E-state index in [0.29, 0.717) is 0 Å². The van der Waals surface area contributed by atoms with Gasteiger partial charge in [-0.1, -0.05) is 13.8 Å². The van der Waals surface area contributed by atoms with Crippen molar-refractivity contribution in [3.05, 3.63) is 0 Å². The largest absolute Gasteiger partial charge is 0.444 e. The molecular weight excluding hydrogens is 208 g/mol. The Bertz CT molecular complexity index is 224. The van der Waals surface area contributed by atoms with Crippen molar-refractivity contribution < 1.29 is 14.6 Å². The average Bonchev–Trinajstić information content (AvgIpc) is 2.09. The first-order valence-corrected chi connectivity index (χ1v) is 5.55. The highest BCUT2D eigenvalue weighted by atomic mass is 16.6. The van der Waals surface area contributed by atoms with E-state index in [-0.39, 0.29) is 18.5 Å². The molecular formula is C11H24N2O3. The highest BCUT2D eigenvalue weighted by Crippen LogP contribution is 2.10. The van der Waals surface area contributed by atoms with Crippen molar-refractivity contribution in [3.63, 3.8) is 0 Å². The number of aliphatic hydroxyl groups is 1. The van der Waals surface area contributed by atoms with Gasteiger partial charge < -0.3 is 20.9 Å². The van der Waals surface area contributed by atoms with Crippen LogP contribution in [0.1, 0.15) is 34.6 Å². The SMILES string of the molecule is CC(C)[C@@H](NC(=O)OC(C)(C)C)[C@@H](O)CN. The quantitative estimate of drug-likeness (QED) is 0.671. The maximum absolute atomic E-state index is 11.5. The minimum atomic E-state index is -0.757. The van der Waals surface area contributed by atoms with Crippen LogP contribution in [0, 0.1) is 5.92 Å². The highest BCUT2D eigenvalue weighted by molar-refractivity contribution is 5.68. The third kappa shape index (κ3) is 5.92. The molecule has 0 aromatic heterocycles. The number of amides is 1. The zero-order valence-electron chi connectivity index (χ0n) is 10.8. The van der Waals surface area contributed by atoms with Crippen LogP contribution in [-0.2, 0) is 4.74 Å². The number of aliphatic hydroxyl groups excluding tert-OH is 1. The Labute approximate surface area is 97.3 Å². The van der Waals surface area contributed by atoms with Crippen LogP contribution in [-0.4, -0.2) is 35.5 Å². The van der Waals surface area contributed by atoms with Gasteiger partial charge in [-0.25, -0.2) is 4.79 Å². The molecule has 5 nitrogen and oxygen atoms in total. The fraction of sp³-hybridized carbons (Fsp3) is 0.909. The van der Waals surface area contributed by atoms with Crippen LogP contribution >= 0.6 is 0 Å². The van der Waals surface area contributed by atoms with Crippen molar-refractivity contribution in [1.29, 1.82) is 0 Å². The first-order valence-electron chi connectivity index (χ1n) is 5.55. The molecule has 0 heterocycles. The minimum absolute atomic E-state index is 0.0890. The Kier molecular flexibility index (Phi) is 5.75. The van der Waals surface area contributed by atoms with Crippen LogP contribution < -0.4 is 11.1 Å². The Balaban J connectivity index is 4.36. The minimum Gasteiger partial charge on any atom is -0.444 e. The average molecular weight is 232 g/mol. The third-order valence-electron chi connectivity index (χ3n) is 2.06. The van der Waals surface area contributed by atoms with Crippen molar-refractivity contribution in [2.75, 3.05) is 6.54 Å². The lowest BCUT2D eigenvalue weighted by Gasteiger charge is -2.28. The number of carbonyl (C=O) groups is 1. The first-order chi connectivity index (χ1) is 7.17. The summed E-state index contributed by atoms with van der Waals surface area (Å²) in [7, 11) is 0. The molecule has 0 unspecified atom stereocenters. The van der Waals surface area contributed by atoms with Crippen LogP contribution in [0.2, 0.25) is 0 Å². The molecule has 0 bridgehead atoms. The van der Waals surface area contributed by atoms with E-state index in [1.54, 1.807) is 20.8 Å². The summed E-state index contributed by atoms with van der Waals surface area (Å²) >= 11 is 0. The van der Waals surface area contributed by atoms with Crippen molar-refractivity contribution in [2.24, 2.45) is 11.7 Å². The summed E-state index contributed by atoms with van der Waals surface area (Å²) in [4.78, 5) is 11.5. The number of ether oxygens (including phenoxy) is 1. The molecule has 0 saturated carbocycles. The summed E-state index contributed by atoms with van der Waals surface area (Å²) in [5, 5.41) is 12.3. The molecule has 0 saturated heterocycles. The molecule has 0 radical (unpaired) electrons. The van der Waals surface area contributed by atoms with Crippen LogP contribution in [0.5, 0.6) is 0 Å². The molecule has 0 aliphatic heterocycles. The summed E-state index contributed by atoms with van der Waals surface area (Å²) in [6.45, 7) is 9.28. The summed E-state index contributed by atoms with van der Waals surface area (Å²) in [5.74, 6) is 0.0890. The number of carbonyl (C=O) groups excluding carboxylic acids is 1. The number of hydrogen-bond donors (Lipinski definition) is 3. The second-order valence-electron chi connectivity index (χ2n) is 5.22. The molecule has 0 aliphatic rings. The van der Waals surface area contributed by atoms with E-state index in [9.17, 15) is 9.90 Å². The molecule has 2 atom stereocenters. The maximum Gasteiger partial charge on any atom is 0.407 e. The van der Waals surface area contributed by atoms with Gasteiger partial charge in [-0.3, -0.25) is 0 Å². The fourth-order valence-electron chi connectivity index (χ4n) is 1.30. The van der Waals surface area contributed by atoms with E-state index in [4.69, 9.17) is 10.5 Å². The topological polar surface area (TPSA) is 84.6 Å². The fourth-order valence-corrected chi connectivity index (χ4v) is 1.30. The van der Waals surface area contributed by atoms with Gasteiger partial charge in [-0.2, -0.15) is 0 Å². The summed E-state index contributed by atoms with van der Waals surface area (Å²) in [6, 6.07) is -0.389. The molecule has 4 N–H and O–H groups in total. The lowest BCUT2D eigenvalue weighted by atomic mass is 9.99. The zero-order chi connectivity index (χ0) is 12.9. The molecule has 96 valence electrons. The van der Waals surface area contributed by atoms with Gasteiger partial charge in [0, 0.05) is 6.54 Å². The van der Waals surface area contributed by atoms with E-state index in [1.165, 1.54) is 0 Å². The molecule has 16 heavy (non-hydrogen) atoms. The molecule has 0 rings (SSSR count). The van der Waals surface area contributed by atoms with Gasteiger partial charge in [0.05, 0.1) is 12.1 Å². The van der Waals surface area contributed by atoms with Crippen molar-refractivity contribution >= 4 is 6.09 Å². The smallest absolute Gasteiger partial charge is 0.407 e. The number of alkyl carbamates (subject to hydrolysis) is 1. The van der Waals surface area contributed by atoms with Crippen molar-refractivity contribution in [2.45, 2.75) is 52.4 Å². The first kappa shape index (κ1) is 15.2. The van der Waals surface area contributed by atoms with Crippen molar-refractivity contribution in [1.82, 2.24) is 5.32 Å². The Morgan fingerprint density at radius 2 is 1.94 bits per heavy atom. The molecule has 0 aromatic carbocycles. The maximum atomic E-state index is 11.5. The second-order valence-corrected chi connectivity index (χ2v) is 5.22. The normalized spacial score (nSPS) is 15.8. The van der Waals surface area contributed by atoms with Crippen LogP contribution in [0.25, 0.3) is 0 Å². The Hall–Kier alpha value is -0.810. The van der Waals surface area contributed by atoms with E-state index >= 15 is 0 Å². The third-order valence-corrected chi connectivity index (χ3v) is 2.06. The summed E-state index contributed by atoms with van der Waals surface area (Å²) in [5.41, 5.74) is 4.83. The van der Waals surface area contributed by atoms with Gasteiger partial charge in [-0.05, 0) is 26.7 Å². The number of nitrogens with two attached hydrogens (primary N) is 1. The van der Waals surface area contributed by atoms with Crippen LogP contribution in [0.4, 0.5) is 4.79 Å². The number of rotatable bonds is 4. The van der Waals surface area contributed by atoms with Gasteiger partial charge in [-0.15, -0.1) is 0 Å². The Morgan fingerprint density at radius 1 is 1.44 bits per heavy atom. The second kappa shape index (κ2) is 6.06. The monoisotopic (exact) mass is 232 g/mol. The number of hydrogen-bond acceptors (Lipinski definition) is 4. The van der Waals surface area contributed by atoms with Gasteiger partial charge in [0.15, 0.2) is 0 Å². The summed E-state index contributed by atoms with van der Waals surface area (Å²) < 4.78 is 5.11. The molecule has 5 heteroatoms. The summed E-state index contributed by atoms with van der Waals surface area (Å²) in [6.07, 6.45) is -1.29. The molecule has 0 fully saturated rings. The van der Waals surface area contributed by atoms with Crippen LogP contribution in [0.3, 0.4) is 0 Å². The highest BCUT2D eigenvalue weighted by Gasteiger charge is 2.25. The Morgan fingerprint density at radius 3 is 2.25 bits per heavy atom. The van der Waals surface area contributed by atoms with E-state index in [1.807, 2.05) is 13.8 Å². The van der Waals surface area contributed by atoms with Gasteiger partial charge in [0.1, 0.15) is 5.60 Å². The number of nitrogens with one attached hydrogen (secondary N) is 1. The van der Waals surface area contributed by atoms with Crippen molar-refractivity contribution in [3.8, 4) is 0 Å². The van der Waals surface area contributed by atoms with Gasteiger partial charge in [0.25, 0.3) is 0 Å². The molecule has 0 aliphatic carbocycles. The predicted octanol–water partition coefficient (Wildman–Crippen LogP) is 0.855. The van der Waals surface area contributed by atoms with Gasteiger partial charge in [0.2, 0.25) is 0 Å². The van der Waals surface area contributed by atoms with Gasteiger partial charge >= 0.3 is 6.09 Å². The van der Waals surface area contributed by atoms with E-state index in [2.05, 4.69) is 5.32 Å². The molecule has 0 aromatic rings. The molecule has 1 amide bonds.